The molecule has 0 amide bonds. The third-order valence-electron chi connectivity index (χ3n) is 2.70. The molecular weight excluding hydrogens is 238 g/mol. The molecule has 3 heteroatoms. The summed E-state index contributed by atoms with van der Waals surface area (Å²) < 4.78 is 0. The van der Waals surface area contributed by atoms with Crippen molar-refractivity contribution in [2.24, 2.45) is 5.73 Å². The topological polar surface area (TPSA) is 26.0 Å². The van der Waals surface area contributed by atoms with Crippen molar-refractivity contribution in [2.75, 3.05) is 0 Å². The molecule has 0 aliphatic carbocycles. The second kappa shape index (κ2) is 5.00. The zero-order valence-corrected chi connectivity index (χ0v) is 10.7. The highest BCUT2D eigenvalue weighted by atomic mass is 35.5. The second-order valence-electron chi connectivity index (χ2n) is 3.66. The van der Waals surface area contributed by atoms with E-state index in [0.717, 1.165) is 16.3 Å². The zero-order valence-electron chi connectivity index (χ0n) is 9.11. The lowest BCUT2D eigenvalue weighted by molar-refractivity contribution is 0.868. The molecule has 2 aromatic rings. The first-order valence-electron chi connectivity index (χ1n) is 5.30. The maximum Gasteiger partial charge on any atom is 0.0663 e. The number of nitrogens with two attached hydrogens (primary N) is 1. The van der Waals surface area contributed by atoms with Crippen molar-refractivity contribution in [2.45, 2.75) is 19.4 Å². The van der Waals surface area contributed by atoms with Crippen molar-refractivity contribution in [3.63, 3.8) is 0 Å². The van der Waals surface area contributed by atoms with E-state index in [1.54, 1.807) is 11.3 Å². The van der Waals surface area contributed by atoms with Gasteiger partial charge in [-0.1, -0.05) is 42.8 Å². The monoisotopic (exact) mass is 251 g/mol. The summed E-state index contributed by atoms with van der Waals surface area (Å²) in [6.07, 6.45) is 0.993. The smallest absolute Gasteiger partial charge is 0.0663 e. The van der Waals surface area contributed by atoms with Crippen LogP contribution in [-0.4, -0.2) is 0 Å². The van der Waals surface area contributed by atoms with Crippen LogP contribution in [0.25, 0.3) is 0 Å². The molecule has 1 aromatic carbocycles. The lowest BCUT2D eigenvalue weighted by Gasteiger charge is -2.14. The lowest BCUT2D eigenvalue weighted by Crippen LogP contribution is -2.12. The van der Waals surface area contributed by atoms with Crippen LogP contribution in [0.1, 0.15) is 29.0 Å². The summed E-state index contributed by atoms with van der Waals surface area (Å²) in [6, 6.07) is 10.1. The predicted octanol–water partition coefficient (Wildman–Crippen LogP) is 4.01. The van der Waals surface area contributed by atoms with Gasteiger partial charge in [-0.2, -0.15) is 0 Å². The number of benzene rings is 1. The molecule has 2 rings (SSSR count). The summed E-state index contributed by atoms with van der Waals surface area (Å²) in [5.74, 6) is 0. The van der Waals surface area contributed by atoms with Crippen molar-refractivity contribution in [3.8, 4) is 0 Å². The Balaban J connectivity index is 2.41. The highest BCUT2D eigenvalue weighted by molar-refractivity contribution is 7.10. The molecule has 1 aromatic heterocycles. The Morgan fingerprint density at radius 2 is 2.06 bits per heavy atom. The van der Waals surface area contributed by atoms with Crippen LogP contribution in [0.15, 0.2) is 35.7 Å². The minimum atomic E-state index is -0.108. The van der Waals surface area contributed by atoms with Crippen LogP contribution in [0.3, 0.4) is 0 Å². The first kappa shape index (κ1) is 11.6. The van der Waals surface area contributed by atoms with Gasteiger partial charge in [-0.05, 0) is 29.0 Å². The summed E-state index contributed by atoms with van der Waals surface area (Å²) in [7, 11) is 0. The Morgan fingerprint density at radius 1 is 1.31 bits per heavy atom. The van der Waals surface area contributed by atoms with Gasteiger partial charge in [0.2, 0.25) is 0 Å². The number of aryl methyl sites for hydroxylation is 1. The second-order valence-corrected chi connectivity index (χ2v) is 5.02. The average molecular weight is 252 g/mol. The summed E-state index contributed by atoms with van der Waals surface area (Å²) in [6.45, 7) is 2.14. The van der Waals surface area contributed by atoms with Gasteiger partial charge in [0, 0.05) is 4.88 Å². The average Bonchev–Trinajstić information content (AvgIpc) is 2.74. The molecular formula is C13H14ClNS. The fourth-order valence-electron chi connectivity index (χ4n) is 1.83. The van der Waals surface area contributed by atoms with Gasteiger partial charge < -0.3 is 5.73 Å². The molecule has 0 saturated heterocycles. The molecule has 1 atom stereocenters. The molecule has 1 heterocycles. The van der Waals surface area contributed by atoms with Crippen molar-refractivity contribution in [1.82, 2.24) is 0 Å². The Bertz CT molecular complexity index is 478. The van der Waals surface area contributed by atoms with Crippen LogP contribution in [0, 0.1) is 0 Å². The fraction of sp³-hybridized carbons (Fsp3) is 0.231. The van der Waals surface area contributed by atoms with E-state index in [1.807, 2.05) is 23.6 Å². The molecule has 0 saturated carbocycles. The maximum absolute atomic E-state index is 6.26. The van der Waals surface area contributed by atoms with E-state index in [9.17, 15) is 0 Å². The van der Waals surface area contributed by atoms with Gasteiger partial charge in [0.05, 0.1) is 11.1 Å². The van der Waals surface area contributed by atoms with Crippen LogP contribution in [0.5, 0.6) is 0 Å². The van der Waals surface area contributed by atoms with Crippen LogP contribution >= 0.6 is 22.9 Å². The van der Waals surface area contributed by atoms with E-state index in [0.29, 0.717) is 0 Å². The molecule has 0 spiro atoms. The highest BCUT2D eigenvalue weighted by Gasteiger charge is 2.15. The molecule has 1 unspecified atom stereocenters. The zero-order chi connectivity index (χ0) is 11.5. The number of rotatable bonds is 3. The quantitative estimate of drug-likeness (QED) is 0.876. The van der Waals surface area contributed by atoms with Crippen LogP contribution in [0.2, 0.25) is 5.02 Å². The van der Waals surface area contributed by atoms with Gasteiger partial charge in [-0.25, -0.2) is 0 Å². The van der Waals surface area contributed by atoms with Gasteiger partial charge in [0.15, 0.2) is 0 Å². The number of hydrogen-bond donors (Lipinski definition) is 1. The maximum atomic E-state index is 6.26. The molecule has 0 fully saturated rings. The van der Waals surface area contributed by atoms with E-state index in [1.165, 1.54) is 11.1 Å². The van der Waals surface area contributed by atoms with Crippen LogP contribution < -0.4 is 5.73 Å². The van der Waals surface area contributed by atoms with Crippen LogP contribution in [0.4, 0.5) is 0 Å². The van der Waals surface area contributed by atoms with Gasteiger partial charge >= 0.3 is 0 Å². The molecule has 0 aliphatic rings. The molecule has 0 radical (unpaired) electrons. The molecule has 2 N–H and O–H groups in total. The summed E-state index contributed by atoms with van der Waals surface area (Å²) in [5.41, 5.74) is 8.73. The summed E-state index contributed by atoms with van der Waals surface area (Å²) >= 11 is 7.73. The SMILES string of the molecule is CCc1ccccc1C(N)c1sccc1Cl. The van der Waals surface area contributed by atoms with Crippen LogP contribution in [-0.2, 0) is 6.42 Å². The molecule has 1 nitrogen and oxygen atoms in total. The first-order chi connectivity index (χ1) is 7.74. The third-order valence-corrected chi connectivity index (χ3v) is 4.14. The van der Waals surface area contributed by atoms with Crippen molar-refractivity contribution in [1.29, 1.82) is 0 Å². The first-order valence-corrected chi connectivity index (χ1v) is 6.56. The van der Waals surface area contributed by atoms with Gasteiger partial charge in [0.1, 0.15) is 0 Å². The molecule has 16 heavy (non-hydrogen) atoms. The fourth-order valence-corrected chi connectivity index (χ4v) is 3.02. The van der Waals surface area contributed by atoms with Crippen molar-refractivity contribution < 1.29 is 0 Å². The van der Waals surface area contributed by atoms with E-state index in [4.69, 9.17) is 17.3 Å². The summed E-state index contributed by atoms with van der Waals surface area (Å²) in [4.78, 5) is 1.04. The minimum Gasteiger partial charge on any atom is -0.320 e. The molecule has 0 bridgehead atoms. The predicted molar refractivity (Wildman–Crippen MR) is 71.2 cm³/mol. The molecule has 0 aliphatic heterocycles. The number of halogens is 1. The highest BCUT2D eigenvalue weighted by Crippen LogP contribution is 2.32. The number of hydrogen-bond acceptors (Lipinski definition) is 2. The van der Waals surface area contributed by atoms with Gasteiger partial charge in [-0.15, -0.1) is 11.3 Å². The minimum absolute atomic E-state index is 0.108. The van der Waals surface area contributed by atoms with E-state index in [-0.39, 0.29) is 6.04 Å². The largest absolute Gasteiger partial charge is 0.320 e. The van der Waals surface area contributed by atoms with Gasteiger partial charge in [-0.3, -0.25) is 0 Å². The Hall–Kier alpha value is -0.830. The Morgan fingerprint density at radius 3 is 2.69 bits per heavy atom. The number of thiophene rings is 1. The normalized spacial score (nSPS) is 12.7. The Labute approximate surface area is 105 Å². The standard InChI is InChI=1S/C13H14ClNS/c1-2-9-5-3-4-6-10(9)12(15)13-11(14)7-8-16-13/h3-8,12H,2,15H2,1H3. The molecule has 84 valence electrons. The van der Waals surface area contributed by atoms with Gasteiger partial charge in [0.25, 0.3) is 0 Å². The summed E-state index contributed by atoms with van der Waals surface area (Å²) in [5, 5.41) is 2.75. The third kappa shape index (κ3) is 2.14. The van der Waals surface area contributed by atoms with Crippen molar-refractivity contribution >= 4 is 22.9 Å². The van der Waals surface area contributed by atoms with E-state index in [2.05, 4.69) is 19.1 Å². The van der Waals surface area contributed by atoms with E-state index >= 15 is 0 Å². The lowest BCUT2D eigenvalue weighted by atomic mass is 9.98. The van der Waals surface area contributed by atoms with Crippen molar-refractivity contribution in [3.05, 3.63) is 56.7 Å². The van der Waals surface area contributed by atoms with E-state index < -0.39 is 0 Å². The Kier molecular flexibility index (Phi) is 3.64.